The molecule has 0 radical (unpaired) electrons. The summed E-state index contributed by atoms with van der Waals surface area (Å²) in [5.74, 6) is -0.289. The molecule has 3 atom stereocenters. The van der Waals surface area contributed by atoms with Crippen LogP contribution in [0.25, 0.3) is 0 Å². The lowest BCUT2D eigenvalue weighted by molar-refractivity contribution is -0.138. The van der Waals surface area contributed by atoms with E-state index in [1.807, 2.05) is 24.3 Å². The normalized spacial score (nSPS) is 25.1. The summed E-state index contributed by atoms with van der Waals surface area (Å²) in [5.41, 5.74) is 0.984. The minimum Gasteiger partial charge on any atom is -0.376 e. The van der Waals surface area contributed by atoms with Gasteiger partial charge in [0.05, 0.1) is 22.3 Å². The van der Waals surface area contributed by atoms with Crippen molar-refractivity contribution in [1.82, 2.24) is 4.98 Å². The third-order valence-corrected chi connectivity index (χ3v) is 5.13. The van der Waals surface area contributed by atoms with Crippen LogP contribution in [0.1, 0.15) is 35.1 Å². The summed E-state index contributed by atoms with van der Waals surface area (Å²) >= 11 is 6.24. The van der Waals surface area contributed by atoms with E-state index in [0.29, 0.717) is 10.7 Å². The molecule has 2 aromatic rings. The zero-order chi connectivity index (χ0) is 16.9. The van der Waals surface area contributed by atoms with E-state index in [-0.39, 0.29) is 23.4 Å². The summed E-state index contributed by atoms with van der Waals surface area (Å²) in [6, 6.07) is 6.04. The van der Waals surface area contributed by atoms with E-state index in [9.17, 15) is 13.2 Å². The molecule has 2 nitrogen and oxygen atoms in total. The van der Waals surface area contributed by atoms with E-state index < -0.39 is 11.7 Å². The molecule has 0 fully saturated rings. The van der Waals surface area contributed by atoms with Crippen molar-refractivity contribution in [2.24, 2.45) is 5.92 Å². The number of allylic oxidation sites excluding steroid dienone is 2. The predicted octanol–water partition coefficient (Wildman–Crippen LogP) is 5.58. The predicted molar refractivity (Wildman–Crippen MR) is 87.0 cm³/mol. The molecule has 1 aliphatic carbocycles. The maximum absolute atomic E-state index is 13.5. The molecule has 4 rings (SSSR count). The molecule has 1 aromatic carbocycles. The van der Waals surface area contributed by atoms with Crippen LogP contribution in [0.15, 0.2) is 48.8 Å². The maximum atomic E-state index is 13.5. The molecule has 1 aliphatic heterocycles. The molecule has 2 heterocycles. The molecule has 0 bridgehead atoms. The average molecular weight is 351 g/mol. The quantitative estimate of drug-likeness (QED) is 0.679. The fourth-order valence-electron chi connectivity index (χ4n) is 3.81. The third kappa shape index (κ3) is 2.38. The Morgan fingerprint density at radius 1 is 1.21 bits per heavy atom. The van der Waals surface area contributed by atoms with Crippen molar-refractivity contribution in [2.75, 3.05) is 5.32 Å². The molecule has 0 saturated carbocycles. The number of benzene rings is 1. The molecule has 1 N–H and O–H groups in total. The molecule has 0 saturated heterocycles. The van der Waals surface area contributed by atoms with Crippen LogP contribution in [-0.4, -0.2) is 4.98 Å². The Bertz CT molecular complexity index is 802. The second-order valence-corrected chi connectivity index (χ2v) is 6.55. The first-order valence-corrected chi connectivity index (χ1v) is 8.07. The van der Waals surface area contributed by atoms with Gasteiger partial charge in [-0.05, 0) is 41.7 Å². The van der Waals surface area contributed by atoms with Crippen LogP contribution in [0.3, 0.4) is 0 Å². The van der Waals surface area contributed by atoms with Gasteiger partial charge in [0.2, 0.25) is 0 Å². The van der Waals surface area contributed by atoms with Gasteiger partial charge in [0.1, 0.15) is 0 Å². The smallest absolute Gasteiger partial charge is 0.376 e. The number of hydrogen-bond donors (Lipinski definition) is 1. The van der Waals surface area contributed by atoms with Gasteiger partial charge in [0.25, 0.3) is 0 Å². The molecule has 2 aliphatic rings. The molecule has 0 spiro atoms. The summed E-state index contributed by atoms with van der Waals surface area (Å²) < 4.78 is 40.4. The standard InChI is InChI=1S/C18H14ClF3N2/c19-14-7-6-13(18(20,21)22)15-11-4-1-5-12(11)16(24-17(14)15)10-3-2-8-23-9-10/h1-4,6-9,11-12,16,24H,5H2/t11-,12-,16+/m1/s1. The summed E-state index contributed by atoms with van der Waals surface area (Å²) in [6.07, 6.45) is 3.58. The zero-order valence-electron chi connectivity index (χ0n) is 12.5. The molecule has 24 heavy (non-hydrogen) atoms. The van der Waals surface area contributed by atoms with Crippen molar-refractivity contribution in [3.05, 3.63) is 70.5 Å². The van der Waals surface area contributed by atoms with Crippen molar-refractivity contribution in [2.45, 2.75) is 24.6 Å². The van der Waals surface area contributed by atoms with E-state index in [1.165, 1.54) is 6.07 Å². The number of pyridine rings is 1. The van der Waals surface area contributed by atoms with Gasteiger partial charge in [-0.2, -0.15) is 13.2 Å². The SMILES string of the molecule is FC(F)(F)c1ccc(Cl)c2c1[C@@H]1C=CC[C@H]1[C@H](c1cccnc1)N2. The summed E-state index contributed by atoms with van der Waals surface area (Å²) in [7, 11) is 0. The number of fused-ring (bicyclic) bond motifs is 3. The van der Waals surface area contributed by atoms with Crippen LogP contribution < -0.4 is 5.32 Å². The second kappa shape index (κ2) is 5.52. The van der Waals surface area contributed by atoms with E-state index in [0.717, 1.165) is 18.1 Å². The van der Waals surface area contributed by atoms with Crippen molar-refractivity contribution < 1.29 is 13.2 Å². The maximum Gasteiger partial charge on any atom is 0.416 e. The highest BCUT2D eigenvalue weighted by molar-refractivity contribution is 6.33. The number of alkyl halides is 3. The van der Waals surface area contributed by atoms with Gasteiger partial charge in [-0.25, -0.2) is 0 Å². The van der Waals surface area contributed by atoms with Crippen molar-refractivity contribution in [3.63, 3.8) is 0 Å². The lowest BCUT2D eigenvalue weighted by Gasteiger charge is -2.39. The van der Waals surface area contributed by atoms with Gasteiger partial charge in [-0.3, -0.25) is 4.98 Å². The Labute approximate surface area is 142 Å². The number of nitrogens with one attached hydrogen (secondary N) is 1. The molecule has 124 valence electrons. The van der Waals surface area contributed by atoms with Crippen LogP contribution in [0.4, 0.5) is 18.9 Å². The van der Waals surface area contributed by atoms with Crippen LogP contribution in [0.5, 0.6) is 0 Å². The van der Waals surface area contributed by atoms with Crippen LogP contribution in [-0.2, 0) is 6.18 Å². The molecule has 6 heteroatoms. The van der Waals surface area contributed by atoms with Crippen LogP contribution in [0.2, 0.25) is 5.02 Å². The lowest BCUT2D eigenvalue weighted by Crippen LogP contribution is -2.31. The van der Waals surface area contributed by atoms with Crippen molar-refractivity contribution >= 4 is 17.3 Å². The number of nitrogens with zero attached hydrogens (tertiary/aromatic N) is 1. The monoisotopic (exact) mass is 350 g/mol. The highest BCUT2D eigenvalue weighted by Gasteiger charge is 2.44. The molecule has 0 unspecified atom stereocenters. The Morgan fingerprint density at radius 3 is 2.75 bits per heavy atom. The van der Waals surface area contributed by atoms with Crippen LogP contribution in [0, 0.1) is 5.92 Å². The first-order chi connectivity index (χ1) is 11.5. The summed E-state index contributed by atoms with van der Waals surface area (Å²) in [4.78, 5) is 4.14. The summed E-state index contributed by atoms with van der Waals surface area (Å²) in [6.45, 7) is 0. The lowest BCUT2D eigenvalue weighted by atomic mass is 9.75. The highest BCUT2D eigenvalue weighted by Crippen LogP contribution is 2.54. The van der Waals surface area contributed by atoms with Gasteiger partial charge in [-0.15, -0.1) is 0 Å². The number of rotatable bonds is 1. The zero-order valence-corrected chi connectivity index (χ0v) is 13.3. The van der Waals surface area contributed by atoms with Crippen molar-refractivity contribution in [3.8, 4) is 0 Å². The number of hydrogen-bond acceptors (Lipinski definition) is 2. The van der Waals surface area contributed by atoms with Gasteiger partial charge >= 0.3 is 6.18 Å². The second-order valence-electron chi connectivity index (χ2n) is 6.14. The number of aromatic nitrogens is 1. The minimum atomic E-state index is -4.40. The molecule has 1 aromatic heterocycles. The van der Waals surface area contributed by atoms with Crippen LogP contribution >= 0.6 is 11.6 Å². The average Bonchev–Trinajstić information content (AvgIpc) is 3.04. The van der Waals surface area contributed by atoms with Gasteiger partial charge in [-0.1, -0.05) is 29.8 Å². The van der Waals surface area contributed by atoms with E-state index in [1.54, 1.807) is 12.4 Å². The topological polar surface area (TPSA) is 24.9 Å². The molecular formula is C18H14ClF3N2. The third-order valence-electron chi connectivity index (χ3n) is 4.82. The first kappa shape index (κ1) is 15.5. The fourth-order valence-corrected chi connectivity index (χ4v) is 4.03. The Hall–Kier alpha value is -2.01. The molecular weight excluding hydrogens is 337 g/mol. The highest BCUT2D eigenvalue weighted by atomic mass is 35.5. The van der Waals surface area contributed by atoms with Gasteiger partial charge in [0.15, 0.2) is 0 Å². The Morgan fingerprint density at radius 2 is 2.04 bits per heavy atom. The van der Waals surface area contributed by atoms with E-state index in [2.05, 4.69) is 10.3 Å². The first-order valence-electron chi connectivity index (χ1n) is 7.69. The minimum absolute atomic E-state index is 0.0151. The number of anilines is 1. The van der Waals surface area contributed by atoms with E-state index >= 15 is 0 Å². The van der Waals surface area contributed by atoms with Gasteiger partial charge in [0, 0.05) is 18.3 Å². The Balaban J connectivity index is 1.89. The summed E-state index contributed by atoms with van der Waals surface area (Å²) in [5, 5.41) is 3.56. The van der Waals surface area contributed by atoms with Gasteiger partial charge < -0.3 is 5.32 Å². The largest absolute Gasteiger partial charge is 0.416 e. The van der Waals surface area contributed by atoms with Crippen molar-refractivity contribution in [1.29, 1.82) is 0 Å². The molecule has 0 amide bonds. The van der Waals surface area contributed by atoms with E-state index in [4.69, 9.17) is 11.6 Å². The Kier molecular flexibility index (Phi) is 3.57. The number of halogens is 4. The fraction of sp³-hybridized carbons (Fsp3) is 0.278.